The minimum atomic E-state index is -2.52. The number of nitrogens with two attached hydrogens (primary N) is 1. The molecular weight excluding hydrogens is 411 g/mol. The summed E-state index contributed by atoms with van der Waals surface area (Å²) in [6, 6.07) is 13.5. The van der Waals surface area contributed by atoms with E-state index in [1.165, 1.54) is 12.1 Å². The average Bonchev–Trinajstić information content (AvgIpc) is 2.62. The van der Waals surface area contributed by atoms with Crippen molar-refractivity contribution in [3.8, 4) is 0 Å². The van der Waals surface area contributed by atoms with Gasteiger partial charge in [0.25, 0.3) is 0 Å². The molecule has 2 aromatic carbocycles. The Morgan fingerprint density at radius 2 is 1.75 bits per heavy atom. The first kappa shape index (κ1) is 27.3. The van der Waals surface area contributed by atoms with Crippen molar-refractivity contribution in [2.75, 3.05) is 6.54 Å². The minimum Gasteiger partial charge on any atom is -1.00 e. The Labute approximate surface area is 211 Å². The molecule has 3 rings (SSSR count). The second-order valence-corrected chi connectivity index (χ2v) is 5.96. The van der Waals surface area contributed by atoms with Crippen LogP contribution < -0.4 is 67.3 Å². The van der Waals surface area contributed by atoms with Crippen LogP contribution in [0.2, 0.25) is 0 Å². The van der Waals surface area contributed by atoms with Crippen LogP contribution >= 0.6 is 13.5 Å². The number of Topliss-reactive ketones (excluding diaryl/α,β-unsaturated/α-hetero) is 1. The topological polar surface area (TPSA) is 56.0 Å². The first-order valence-electron chi connectivity index (χ1n) is 8.02. The molecule has 0 aliphatic carbocycles. The summed E-state index contributed by atoms with van der Waals surface area (Å²) in [4.78, 5) is 16.7. The van der Waals surface area contributed by atoms with Gasteiger partial charge in [0, 0.05) is 30.7 Å². The molecule has 3 aromatic rings. The van der Waals surface area contributed by atoms with Crippen molar-refractivity contribution in [3.63, 3.8) is 0 Å². The van der Waals surface area contributed by atoms with Gasteiger partial charge >= 0.3 is 58.7 Å². The molecule has 1 heterocycles. The van der Waals surface area contributed by atoms with Gasteiger partial charge in [-0.15, -0.1) is 0 Å². The quantitative estimate of drug-likeness (QED) is 0.421. The zero-order valence-corrected chi connectivity index (χ0v) is 19.5. The number of fused-ring (bicyclic) bond motifs is 1. The van der Waals surface area contributed by atoms with E-state index in [4.69, 9.17) is 5.73 Å². The molecule has 0 saturated carbocycles. The molecule has 0 aliphatic heterocycles. The molecule has 0 radical (unpaired) electrons. The number of carbonyl (C=O) groups excluding carboxylic acids is 1. The molecule has 0 bridgehead atoms. The standard InChI is InChI=1S/C19H17BF2N2O.FH.K.H2S/c21-20(22)17-5-3-14(4-6-17)18(11-23)19(25)10-13-1-2-16-12-24-8-7-15(16)9-13;;;/h1-9,12,18H,10-11,23H2;1H;;1H2/q;;+1;/p-1/t18-;;;/m1.../s1. The smallest absolute Gasteiger partial charge is 1.00 e. The van der Waals surface area contributed by atoms with E-state index in [0.29, 0.717) is 5.56 Å². The van der Waals surface area contributed by atoms with Crippen LogP contribution in [0.1, 0.15) is 17.0 Å². The number of nitrogens with zero attached hydrogens (tertiary/aromatic N) is 1. The number of benzene rings is 2. The maximum Gasteiger partial charge on any atom is 1.00 e. The molecule has 28 heavy (non-hydrogen) atoms. The van der Waals surface area contributed by atoms with Gasteiger partial charge < -0.3 is 10.4 Å². The number of halogens is 3. The third-order valence-corrected chi connectivity index (χ3v) is 4.30. The van der Waals surface area contributed by atoms with Gasteiger partial charge in [0.1, 0.15) is 5.78 Å². The molecule has 0 saturated heterocycles. The van der Waals surface area contributed by atoms with E-state index in [1.54, 1.807) is 24.5 Å². The van der Waals surface area contributed by atoms with Gasteiger partial charge in [-0.3, -0.25) is 18.4 Å². The molecule has 2 N–H and O–H groups in total. The summed E-state index contributed by atoms with van der Waals surface area (Å²) in [7, 11) is -2.52. The molecule has 0 amide bonds. The number of rotatable bonds is 6. The van der Waals surface area contributed by atoms with Crippen LogP contribution in [0.3, 0.4) is 0 Å². The summed E-state index contributed by atoms with van der Waals surface area (Å²) in [6.45, 7) is 0.143. The Hall–Kier alpha value is -0.679. The largest absolute Gasteiger partial charge is 1.00 e. The first-order chi connectivity index (χ1) is 12.1. The second kappa shape index (κ2) is 12.8. The van der Waals surface area contributed by atoms with E-state index in [0.717, 1.165) is 16.3 Å². The van der Waals surface area contributed by atoms with Crippen LogP contribution in [0, 0.1) is 0 Å². The van der Waals surface area contributed by atoms with Crippen LogP contribution in [0.4, 0.5) is 8.63 Å². The summed E-state index contributed by atoms with van der Waals surface area (Å²) >= 11 is 0. The Bertz CT molecular complexity index is 900. The summed E-state index contributed by atoms with van der Waals surface area (Å²) in [5.41, 5.74) is 7.27. The molecule has 1 aromatic heterocycles. The fraction of sp³-hybridized carbons (Fsp3) is 0.158. The van der Waals surface area contributed by atoms with Crippen LogP contribution in [0.15, 0.2) is 60.9 Å². The number of aromatic nitrogens is 1. The maximum atomic E-state index is 12.7. The first-order valence-corrected chi connectivity index (χ1v) is 8.02. The van der Waals surface area contributed by atoms with Gasteiger partial charge in [0.15, 0.2) is 0 Å². The van der Waals surface area contributed by atoms with Crippen LogP contribution in [0.5, 0.6) is 0 Å². The Kier molecular flexibility index (Phi) is 12.5. The van der Waals surface area contributed by atoms with E-state index in [9.17, 15) is 13.4 Å². The van der Waals surface area contributed by atoms with Gasteiger partial charge in [-0.1, -0.05) is 42.5 Å². The fourth-order valence-electron chi connectivity index (χ4n) is 2.89. The van der Waals surface area contributed by atoms with Crippen molar-refractivity contribution in [3.05, 3.63) is 72.1 Å². The SMILES string of the molecule is NC[C@@H](C(=O)Cc1ccc2cnccc2c1)c1ccc(B(F)F)cc1.S.[F-].[K+]. The predicted molar refractivity (Wildman–Crippen MR) is 107 cm³/mol. The molecule has 142 valence electrons. The number of hydrogen-bond acceptors (Lipinski definition) is 3. The number of carbonyl (C=O) groups is 1. The third-order valence-electron chi connectivity index (χ3n) is 4.30. The Balaban J connectivity index is 0.00000243. The normalized spacial score (nSPS) is 10.8. The molecule has 0 unspecified atom stereocenters. The van der Waals surface area contributed by atoms with Crippen molar-refractivity contribution >= 4 is 42.8 Å². The minimum absolute atomic E-state index is 0. The predicted octanol–water partition coefficient (Wildman–Crippen LogP) is -3.16. The molecule has 9 heteroatoms. The van der Waals surface area contributed by atoms with E-state index in [1.807, 2.05) is 24.3 Å². The maximum absolute atomic E-state index is 12.7. The van der Waals surface area contributed by atoms with Crippen LogP contribution in [0.25, 0.3) is 10.8 Å². The van der Waals surface area contributed by atoms with Crippen LogP contribution in [-0.4, -0.2) is 24.6 Å². The summed E-state index contributed by atoms with van der Waals surface area (Å²) in [6.07, 6.45) is 3.73. The van der Waals surface area contributed by atoms with E-state index in [2.05, 4.69) is 4.98 Å². The van der Waals surface area contributed by atoms with Gasteiger partial charge in [-0.05, 0) is 28.0 Å². The zero-order valence-electron chi connectivity index (χ0n) is 15.4. The average molecular weight is 430 g/mol. The third kappa shape index (κ3) is 6.69. The number of ketones is 1. The van der Waals surface area contributed by atoms with Crippen molar-refractivity contribution < 1.29 is 69.5 Å². The fourth-order valence-corrected chi connectivity index (χ4v) is 2.89. The van der Waals surface area contributed by atoms with E-state index >= 15 is 0 Å². The summed E-state index contributed by atoms with van der Waals surface area (Å²) < 4.78 is 25.3. The van der Waals surface area contributed by atoms with Gasteiger partial charge in [0.05, 0.1) is 5.92 Å². The summed E-state index contributed by atoms with van der Waals surface area (Å²) in [5.74, 6) is -0.527. The van der Waals surface area contributed by atoms with Crippen molar-refractivity contribution in [1.29, 1.82) is 0 Å². The van der Waals surface area contributed by atoms with Crippen molar-refractivity contribution in [1.82, 2.24) is 4.98 Å². The van der Waals surface area contributed by atoms with Crippen molar-refractivity contribution in [2.45, 2.75) is 12.3 Å². The summed E-state index contributed by atoms with van der Waals surface area (Å²) in [5, 5.41) is 2.03. The monoisotopic (exact) mass is 430 g/mol. The molecule has 3 nitrogen and oxygen atoms in total. The van der Waals surface area contributed by atoms with E-state index < -0.39 is 13.2 Å². The zero-order chi connectivity index (χ0) is 17.8. The van der Waals surface area contributed by atoms with E-state index in [-0.39, 0.29) is 93.8 Å². The molecule has 0 fully saturated rings. The van der Waals surface area contributed by atoms with Gasteiger partial charge in [0.2, 0.25) is 0 Å². The molecule has 0 aliphatic rings. The molecular formula is C19H19BF3KN2OS. The van der Waals surface area contributed by atoms with Gasteiger partial charge in [-0.25, -0.2) is 0 Å². The molecule has 1 atom stereocenters. The Morgan fingerprint density at radius 1 is 1.07 bits per heavy atom. The van der Waals surface area contributed by atoms with Gasteiger partial charge in [-0.2, -0.15) is 13.5 Å². The van der Waals surface area contributed by atoms with Crippen molar-refractivity contribution in [2.24, 2.45) is 5.73 Å². The number of hydrogen-bond donors (Lipinski definition) is 1. The van der Waals surface area contributed by atoms with Crippen LogP contribution in [-0.2, 0) is 11.2 Å². The molecule has 0 spiro atoms. The number of pyridine rings is 1. The second-order valence-electron chi connectivity index (χ2n) is 5.96. The Morgan fingerprint density at radius 3 is 2.36 bits per heavy atom.